The second kappa shape index (κ2) is 40.1. The van der Waals surface area contributed by atoms with E-state index in [-0.39, 0.29) is 38.8 Å². The Balaban J connectivity index is 3.78. The number of halogens is 1. The molecule has 9 amide bonds. The number of unbranched alkanes of at least 4 members (excludes halogenated alkanes) is 9. The van der Waals surface area contributed by atoms with Gasteiger partial charge in [0.1, 0.15) is 48.6 Å². The number of nitrogens with two attached hydrogens (primary N) is 2. The molecule has 0 aliphatic carbocycles. The van der Waals surface area contributed by atoms with Crippen molar-refractivity contribution in [3.63, 3.8) is 0 Å². The van der Waals surface area contributed by atoms with Crippen molar-refractivity contribution in [1.82, 2.24) is 47.9 Å². The molecule has 1 rings (SSSR count). The van der Waals surface area contributed by atoms with E-state index in [9.17, 15) is 88.5 Å². The van der Waals surface area contributed by atoms with Crippen LogP contribution < -0.4 is 59.3 Å². The molecule has 0 aromatic heterocycles. The van der Waals surface area contributed by atoms with E-state index in [1.807, 2.05) is 10.6 Å². The summed E-state index contributed by atoms with van der Waals surface area (Å²) in [5.74, 6) is -15.7. The van der Waals surface area contributed by atoms with Crippen molar-refractivity contribution in [2.24, 2.45) is 11.5 Å². The van der Waals surface area contributed by atoms with Gasteiger partial charge in [0.2, 0.25) is 47.3 Å². The zero-order valence-electron chi connectivity index (χ0n) is 46.1. The lowest BCUT2D eigenvalue weighted by molar-refractivity contribution is -0.155. The van der Waals surface area contributed by atoms with E-state index in [0.717, 1.165) is 57.9 Å². The van der Waals surface area contributed by atoms with E-state index in [2.05, 4.69) is 44.1 Å². The molecule has 0 spiro atoms. The van der Waals surface area contributed by atoms with Crippen molar-refractivity contribution in [2.75, 3.05) is 38.7 Å². The van der Waals surface area contributed by atoms with Crippen LogP contribution in [-0.4, -0.2) is 212 Å². The zero-order chi connectivity index (χ0) is 61.2. The van der Waals surface area contributed by atoms with Gasteiger partial charge in [-0.05, 0) is 59.0 Å². The summed E-state index contributed by atoms with van der Waals surface area (Å²) >= 11 is 5.84. The Morgan fingerprint density at radius 2 is 1.25 bits per heavy atom. The number of aliphatic hydroxyl groups is 6. The number of aliphatic carboxylic acids is 1. The number of carboxylic acids is 1. The zero-order valence-corrected chi connectivity index (χ0v) is 46.9. The quantitative estimate of drug-likeness (QED) is 0.0158. The normalized spacial score (nSPS) is 24.4. The lowest BCUT2D eigenvalue weighted by Gasteiger charge is -2.28. The number of carbonyl (C=O) groups excluding carboxylic acids is 10. The number of allylic oxidation sites excluding steroid dienone is 1. The summed E-state index contributed by atoms with van der Waals surface area (Å²) in [6.07, 6.45) is -0.364. The van der Waals surface area contributed by atoms with Crippen molar-refractivity contribution in [3.05, 3.63) is 11.8 Å². The van der Waals surface area contributed by atoms with Gasteiger partial charge in [-0.1, -0.05) is 77.2 Å². The monoisotopic (exact) mass is 1180 g/mol. The summed E-state index contributed by atoms with van der Waals surface area (Å²) < 4.78 is 5.24. The van der Waals surface area contributed by atoms with E-state index in [1.165, 1.54) is 19.8 Å². The SMILES string of the molecule is C/C=C1\NC(=O)[C@H]([C@H](C)O)NC(=O)[C@H](CCCN)NC(=O)[C@@H](CCO)NC(=O)CNC(=O)[C@@H](CCN)NC(=O)[C@@H](NC(=O)CC(O)C(O)CCCCCCCCCCCC)COC(=O)[C@H]([C@H](O)CCl)NC(=O)[C@H](C(O)C(=O)O)NC1=O. The molecule has 81 heavy (non-hydrogen) atoms. The molecule has 462 valence electrons. The minimum atomic E-state index is -2.82. The number of nitrogens with one attached hydrogen (secondary N) is 9. The number of hydrogen-bond acceptors (Lipinski definition) is 20. The van der Waals surface area contributed by atoms with Gasteiger partial charge in [-0.25, -0.2) is 9.59 Å². The number of carboxylic acid groups (broad SMARTS) is 1. The first-order valence-electron chi connectivity index (χ1n) is 27.1. The number of hydrogen-bond donors (Lipinski definition) is 18. The number of aliphatic hydroxyl groups excluding tert-OH is 6. The third-order valence-electron chi connectivity index (χ3n) is 12.7. The molecule has 3 unspecified atom stereocenters. The maximum absolute atomic E-state index is 14.0. The number of amides is 9. The van der Waals surface area contributed by atoms with Crippen LogP contribution in [0.3, 0.4) is 0 Å². The highest BCUT2D eigenvalue weighted by Gasteiger charge is 2.40. The Morgan fingerprint density at radius 1 is 0.679 bits per heavy atom. The van der Waals surface area contributed by atoms with E-state index in [4.69, 9.17) is 27.8 Å². The number of esters is 1. The molecule has 0 bridgehead atoms. The number of alkyl halides is 1. The second-order valence-electron chi connectivity index (χ2n) is 19.4. The molecule has 1 heterocycles. The van der Waals surface area contributed by atoms with Gasteiger partial charge in [-0.15, -0.1) is 11.6 Å². The van der Waals surface area contributed by atoms with Crippen molar-refractivity contribution < 1.29 is 93.2 Å². The van der Waals surface area contributed by atoms with Crippen LogP contribution in [0.4, 0.5) is 0 Å². The average molecular weight is 1180 g/mol. The number of cyclic esters (lactones) is 1. The van der Waals surface area contributed by atoms with Gasteiger partial charge in [0.15, 0.2) is 12.1 Å². The summed E-state index contributed by atoms with van der Waals surface area (Å²) in [6, 6.07) is -13.5. The second-order valence-corrected chi connectivity index (χ2v) is 19.7. The Hall–Kier alpha value is -6.12. The number of rotatable bonds is 27. The van der Waals surface area contributed by atoms with Crippen LogP contribution in [0.25, 0.3) is 0 Å². The van der Waals surface area contributed by atoms with Gasteiger partial charge in [0.05, 0.1) is 43.3 Å². The first-order valence-corrected chi connectivity index (χ1v) is 27.7. The smallest absolute Gasteiger partial charge is 0.335 e. The molecule has 20 N–H and O–H groups in total. The van der Waals surface area contributed by atoms with Crippen LogP contribution in [0, 0.1) is 0 Å². The molecule has 12 atom stereocenters. The third-order valence-corrected chi connectivity index (χ3v) is 13.0. The first kappa shape index (κ1) is 72.9. The van der Waals surface area contributed by atoms with Crippen molar-refractivity contribution in [2.45, 2.75) is 196 Å². The third kappa shape index (κ3) is 27.5. The molecule has 1 fully saturated rings. The van der Waals surface area contributed by atoms with E-state index in [1.54, 1.807) is 0 Å². The minimum absolute atomic E-state index is 0.0144. The van der Waals surface area contributed by atoms with Crippen LogP contribution in [0.15, 0.2) is 11.8 Å². The van der Waals surface area contributed by atoms with Crippen LogP contribution in [0.5, 0.6) is 0 Å². The molecular formula is C50H86ClN11O19. The lowest BCUT2D eigenvalue weighted by Crippen LogP contribution is -2.62. The van der Waals surface area contributed by atoms with Crippen LogP contribution in [0.2, 0.25) is 0 Å². The molecule has 0 radical (unpaired) electrons. The number of ether oxygens (including phenoxy) is 1. The molecule has 30 nitrogen and oxygen atoms in total. The van der Waals surface area contributed by atoms with Gasteiger partial charge < -0.3 is 99.8 Å². The van der Waals surface area contributed by atoms with Crippen LogP contribution in [0.1, 0.15) is 124 Å². The highest BCUT2D eigenvalue weighted by molar-refractivity contribution is 6.18. The average Bonchev–Trinajstić information content (AvgIpc) is 3.43. The Bertz CT molecular complexity index is 2090. The molecule has 0 aromatic rings. The van der Waals surface area contributed by atoms with Crippen LogP contribution in [-0.2, 0) is 57.5 Å². The molecule has 1 aliphatic rings. The van der Waals surface area contributed by atoms with E-state index >= 15 is 0 Å². The van der Waals surface area contributed by atoms with Gasteiger partial charge in [0, 0.05) is 6.61 Å². The van der Waals surface area contributed by atoms with E-state index in [0.29, 0.717) is 6.42 Å². The Labute approximate surface area is 474 Å². The fourth-order valence-electron chi connectivity index (χ4n) is 7.98. The highest BCUT2D eigenvalue weighted by Crippen LogP contribution is 2.15. The predicted octanol–water partition coefficient (Wildman–Crippen LogP) is -5.61. The highest BCUT2D eigenvalue weighted by atomic mass is 35.5. The van der Waals surface area contributed by atoms with E-state index < -0.39 is 182 Å². The summed E-state index contributed by atoms with van der Waals surface area (Å²) in [5.41, 5.74) is 10.6. The van der Waals surface area contributed by atoms with Gasteiger partial charge in [-0.3, -0.25) is 43.2 Å². The first-order chi connectivity index (χ1) is 38.4. The molecule has 1 aliphatic heterocycles. The summed E-state index contributed by atoms with van der Waals surface area (Å²) in [4.78, 5) is 148. The maximum atomic E-state index is 14.0. The van der Waals surface area contributed by atoms with Gasteiger partial charge >= 0.3 is 11.9 Å². The molecule has 1 saturated heterocycles. The summed E-state index contributed by atoms with van der Waals surface area (Å²) in [5, 5.41) is 92.6. The minimum Gasteiger partial charge on any atom is -0.479 e. The molecular weight excluding hydrogens is 1090 g/mol. The molecule has 0 saturated carbocycles. The molecule has 0 aromatic carbocycles. The van der Waals surface area contributed by atoms with Crippen molar-refractivity contribution in [1.29, 1.82) is 0 Å². The van der Waals surface area contributed by atoms with Gasteiger partial charge in [-0.2, -0.15) is 0 Å². The van der Waals surface area contributed by atoms with Crippen molar-refractivity contribution >= 4 is 76.7 Å². The summed E-state index contributed by atoms with van der Waals surface area (Å²) in [6.45, 7) is 1.31. The maximum Gasteiger partial charge on any atom is 0.335 e. The van der Waals surface area contributed by atoms with Crippen molar-refractivity contribution in [3.8, 4) is 0 Å². The van der Waals surface area contributed by atoms with Crippen LogP contribution >= 0.6 is 11.6 Å². The Morgan fingerprint density at radius 3 is 1.80 bits per heavy atom. The fraction of sp³-hybridized carbons (Fsp3) is 0.740. The fourth-order valence-corrected chi connectivity index (χ4v) is 8.16. The Kier molecular flexibility index (Phi) is 36.1. The number of carbonyl (C=O) groups is 11. The topological polar surface area (TPSA) is 499 Å². The summed E-state index contributed by atoms with van der Waals surface area (Å²) in [7, 11) is 0. The standard InChI is InChI=1S/C50H86ClN11O19/c1-4-6-7-8-9-10-11-12-13-14-17-33(65)34(66)23-36(68)56-32-26-81-50(80)39(35(67)24-51)61-48(77)40(41(70)49(78)79)62-43(72)28(5-2)57-47(76)38(27(3)64)60-45(74)29(16-15-20-52)58-44(73)31(19-22-63)55-37(69)25-54-42(71)30(18-21-53)59-46(32)75/h5,27,29-35,38-41,63-67,70H,4,6-26,52-53H2,1-3H3,(H,54,71)(H,55,69)(H,56,68)(H,57,76)(H,58,73)(H,59,75)(H,60,74)(H,61,77)(H,62,72)(H,78,79)/b28-5-/t27-,29-,30+,31+,32-,33?,34?,35+,38-,39-,40-,41?/m0/s1. The lowest BCUT2D eigenvalue weighted by atomic mass is 10.0. The largest absolute Gasteiger partial charge is 0.479 e. The predicted molar refractivity (Wildman–Crippen MR) is 288 cm³/mol. The molecule has 31 heteroatoms. The van der Waals surface area contributed by atoms with Gasteiger partial charge in [0.25, 0.3) is 5.91 Å².